The van der Waals surface area contributed by atoms with Crippen molar-refractivity contribution >= 4 is 17.7 Å². The highest BCUT2D eigenvalue weighted by Crippen LogP contribution is 2.26. The number of rotatable bonds is 9. The minimum atomic E-state index is -1.02. The molecule has 0 bridgehead atoms. The minimum absolute atomic E-state index is 0.0573. The normalized spacial score (nSPS) is 11.5. The lowest BCUT2D eigenvalue weighted by Crippen LogP contribution is -2.16. The fraction of sp³-hybridized carbons (Fsp3) is 0.467. The van der Waals surface area contributed by atoms with Gasteiger partial charge in [-0.3, -0.25) is 14.4 Å². The van der Waals surface area contributed by atoms with Gasteiger partial charge in [0.1, 0.15) is 12.2 Å². The molecule has 0 amide bonds. The minimum Gasteiger partial charge on any atom is -0.481 e. The van der Waals surface area contributed by atoms with Gasteiger partial charge in [-0.25, -0.2) is 4.98 Å². The summed E-state index contributed by atoms with van der Waals surface area (Å²) in [5.41, 5.74) is 0.631. The van der Waals surface area contributed by atoms with Gasteiger partial charge in [0, 0.05) is 24.6 Å². The van der Waals surface area contributed by atoms with Gasteiger partial charge < -0.3 is 14.6 Å². The van der Waals surface area contributed by atoms with Crippen LogP contribution in [0.4, 0.5) is 0 Å². The molecule has 0 aliphatic carbocycles. The lowest BCUT2D eigenvalue weighted by Gasteiger charge is -2.15. The summed E-state index contributed by atoms with van der Waals surface area (Å²) in [5, 5.41) is 9.00. The van der Waals surface area contributed by atoms with Crippen LogP contribution in [0, 0.1) is 0 Å². The second-order valence-corrected chi connectivity index (χ2v) is 4.65. The fourth-order valence-electron chi connectivity index (χ4n) is 2.03. The molecule has 7 heteroatoms. The maximum Gasteiger partial charge on any atom is 0.313 e. The fourth-order valence-corrected chi connectivity index (χ4v) is 2.03. The third-order valence-electron chi connectivity index (χ3n) is 2.98. The van der Waals surface area contributed by atoms with Crippen LogP contribution < -0.4 is 4.74 Å². The van der Waals surface area contributed by atoms with Gasteiger partial charge >= 0.3 is 11.9 Å². The van der Waals surface area contributed by atoms with Crippen LogP contribution in [0.2, 0.25) is 0 Å². The van der Waals surface area contributed by atoms with Crippen molar-refractivity contribution in [3.63, 3.8) is 0 Å². The lowest BCUT2D eigenvalue weighted by molar-refractivity contribution is -0.145. The monoisotopic (exact) mass is 309 g/mol. The Morgan fingerprint density at radius 2 is 2.05 bits per heavy atom. The van der Waals surface area contributed by atoms with E-state index in [0.717, 1.165) is 0 Å². The Bertz CT molecular complexity index is 543. The highest BCUT2D eigenvalue weighted by Gasteiger charge is 2.22. The summed E-state index contributed by atoms with van der Waals surface area (Å²) >= 11 is 0. The Labute approximate surface area is 128 Å². The van der Waals surface area contributed by atoms with Crippen molar-refractivity contribution in [1.82, 2.24) is 4.98 Å². The van der Waals surface area contributed by atoms with Crippen LogP contribution in [0.3, 0.4) is 0 Å². The van der Waals surface area contributed by atoms with Crippen LogP contribution >= 0.6 is 0 Å². The quantitative estimate of drug-likeness (QED) is 0.545. The van der Waals surface area contributed by atoms with Gasteiger partial charge in [0.05, 0.1) is 20.1 Å². The predicted molar refractivity (Wildman–Crippen MR) is 76.7 cm³/mol. The van der Waals surface area contributed by atoms with Crippen molar-refractivity contribution in [3.05, 3.63) is 23.9 Å². The molecule has 0 saturated carbocycles. The van der Waals surface area contributed by atoms with E-state index in [2.05, 4.69) is 4.98 Å². The molecular weight excluding hydrogens is 290 g/mol. The number of carbonyl (C=O) groups is 3. The summed E-state index contributed by atoms with van der Waals surface area (Å²) in [6.45, 7) is 1.85. The SMILES string of the molecule is CCOC(=O)CC(=O)CC(CC(=O)O)c1ccnc(OC)c1. The van der Waals surface area contributed by atoms with Gasteiger partial charge in [-0.15, -0.1) is 0 Å². The summed E-state index contributed by atoms with van der Waals surface area (Å²) in [5.74, 6) is -2.19. The summed E-state index contributed by atoms with van der Waals surface area (Å²) in [6.07, 6.45) is 0.852. The van der Waals surface area contributed by atoms with Crippen LogP contribution in [0.1, 0.15) is 37.7 Å². The summed E-state index contributed by atoms with van der Waals surface area (Å²) < 4.78 is 9.71. The van der Waals surface area contributed by atoms with E-state index in [9.17, 15) is 14.4 Å². The first-order chi connectivity index (χ1) is 10.5. The van der Waals surface area contributed by atoms with Crippen molar-refractivity contribution in [3.8, 4) is 5.88 Å². The largest absolute Gasteiger partial charge is 0.481 e. The first kappa shape index (κ1) is 17.6. The number of carbonyl (C=O) groups excluding carboxylic acids is 2. The first-order valence-electron chi connectivity index (χ1n) is 6.85. The van der Waals surface area contributed by atoms with Crippen LogP contribution in [-0.2, 0) is 19.1 Å². The van der Waals surface area contributed by atoms with Gasteiger partial charge in [-0.2, -0.15) is 0 Å². The van der Waals surface area contributed by atoms with Gasteiger partial charge in [0.15, 0.2) is 0 Å². The van der Waals surface area contributed by atoms with E-state index >= 15 is 0 Å². The standard InChI is InChI=1S/C15H19NO6/c1-3-22-15(20)9-12(17)6-11(8-14(18)19)10-4-5-16-13(7-10)21-2/h4-5,7,11H,3,6,8-9H2,1-2H3,(H,18,19). The highest BCUT2D eigenvalue weighted by atomic mass is 16.5. The third kappa shape index (κ3) is 5.90. The molecule has 0 aliphatic rings. The van der Waals surface area contributed by atoms with Gasteiger partial charge in [-0.1, -0.05) is 0 Å². The number of hydrogen-bond donors (Lipinski definition) is 1. The number of ether oxygens (including phenoxy) is 2. The van der Waals surface area contributed by atoms with E-state index in [1.165, 1.54) is 13.3 Å². The number of nitrogens with zero attached hydrogens (tertiary/aromatic N) is 1. The predicted octanol–water partition coefficient (Wildman–Crippen LogP) is 1.56. The zero-order chi connectivity index (χ0) is 16.5. The lowest BCUT2D eigenvalue weighted by atomic mass is 9.90. The highest BCUT2D eigenvalue weighted by molar-refractivity contribution is 5.96. The molecule has 22 heavy (non-hydrogen) atoms. The number of Topliss-reactive ketones (excluding diaryl/α,β-unsaturated/α-hetero) is 1. The first-order valence-corrected chi connectivity index (χ1v) is 6.85. The molecule has 1 atom stereocenters. The molecule has 120 valence electrons. The van der Waals surface area contributed by atoms with Gasteiger partial charge in [-0.05, 0) is 18.6 Å². The van der Waals surface area contributed by atoms with Crippen molar-refractivity contribution in [2.45, 2.75) is 32.1 Å². The molecule has 0 aliphatic heterocycles. The van der Waals surface area contributed by atoms with Crippen LogP contribution in [0.25, 0.3) is 0 Å². The molecular formula is C15H19NO6. The Morgan fingerprint density at radius 1 is 1.32 bits per heavy atom. The molecule has 1 heterocycles. The summed E-state index contributed by atoms with van der Waals surface area (Å²) in [4.78, 5) is 38.1. The summed E-state index contributed by atoms with van der Waals surface area (Å²) in [6, 6.07) is 3.22. The van der Waals surface area contributed by atoms with Crippen molar-refractivity contribution in [2.75, 3.05) is 13.7 Å². The number of carboxylic acids is 1. The molecule has 1 N–H and O–H groups in total. The van der Waals surface area contributed by atoms with Gasteiger partial charge in [0.25, 0.3) is 0 Å². The average Bonchev–Trinajstić information content (AvgIpc) is 2.46. The maximum absolute atomic E-state index is 11.9. The zero-order valence-electron chi connectivity index (χ0n) is 12.6. The molecule has 0 saturated heterocycles. The number of hydrogen-bond acceptors (Lipinski definition) is 6. The molecule has 7 nitrogen and oxygen atoms in total. The van der Waals surface area contributed by atoms with Gasteiger partial charge in [0.2, 0.25) is 5.88 Å². The average molecular weight is 309 g/mol. The van der Waals surface area contributed by atoms with E-state index in [1.54, 1.807) is 19.1 Å². The topological polar surface area (TPSA) is 103 Å². The molecule has 1 rings (SSSR count). The molecule has 1 unspecified atom stereocenters. The maximum atomic E-state index is 11.9. The Hall–Kier alpha value is -2.44. The number of methoxy groups -OCH3 is 1. The van der Waals surface area contributed by atoms with Crippen molar-refractivity contribution < 1.29 is 29.0 Å². The number of aliphatic carboxylic acids is 1. The number of pyridine rings is 1. The second-order valence-electron chi connectivity index (χ2n) is 4.65. The van der Waals surface area contributed by atoms with E-state index in [0.29, 0.717) is 11.4 Å². The van der Waals surface area contributed by atoms with Crippen LogP contribution in [-0.4, -0.2) is 41.5 Å². The Balaban J connectivity index is 2.81. The molecule has 0 fully saturated rings. The van der Waals surface area contributed by atoms with E-state index in [4.69, 9.17) is 14.6 Å². The van der Waals surface area contributed by atoms with Crippen molar-refractivity contribution in [1.29, 1.82) is 0 Å². The molecule has 0 aromatic carbocycles. The van der Waals surface area contributed by atoms with Crippen LogP contribution in [0.5, 0.6) is 5.88 Å². The Kier molecular flexibility index (Phi) is 7.01. The third-order valence-corrected chi connectivity index (χ3v) is 2.98. The number of aromatic nitrogens is 1. The molecule has 0 radical (unpaired) electrons. The van der Waals surface area contributed by atoms with E-state index in [-0.39, 0.29) is 31.7 Å². The second kappa shape index (κ2) is 8.76. The smallest absolute Gasteiger partial charge is 0.313 e. The summed E-state index contributed by atoms with van der Waals surface area (Å²) in [7, 11) is 1.45. The van der Waals surface area contributed by atoms with Crippen LogP contribution in [0.15, 0.2) is 18.3 Å². The van der Waals surface area contributed by atoms with E-state index < -0.39 is 17.9 Å². The number of esters is 1. The Morgan fingerprint density at radius 3 is 2.64 bits per heavy atom. The molecule has 1 aromatic rings. The number of carboxylic acid groups (broad SMARTS) is 1. The molecule has 1 aromatic heterocycles. The molecule has 0 spiro atoms. The number of ketones is 1. The van der Waals surface area contributed by atoms with E-state index in [1.807, 2.05) is 0 Å². The zero-order valence-corrected chi connectivity index (χ0v) is 12.6. The van der Waals surface area contributed by atoms with Crippen molar-refractivity contribution in [2.24, 2.45) is 0 Å².